The lowest BCUT2D eigenvalue weighted by Gasteiger charge is -2.33. The second-order valence-corrected chi connectivity index (χ2v) is 7.08. The number of aromatic amines is 1. The Hall–Kier alpha value is -2.86. The van der Waals surface area contributed by atoms with E-state index in [1.807, 2.05) is 18.2 Å². The number of rotatable bonds is 4. The number of nitrogens with one attached hydrogen (secondary N) is 2. The van der Waals surface area contributed by atoms with Gasteiger partial charge in [0.15, 0.2) is 5.82 Å². The van der Waals surface area contributed by atoms with Crippen molar-refractivity contribution in [1.82, 2.24) is 20.5 Å². The number of halogens is 1. The van der Waals surface area contributed by atoms with E-state index in [2.05, 4.69) is 25.4 Å². The summed E-state index contributed by atoms with van der Waals surface area (Å²) in [6.07, 6.45) is 5.48. The number of anilines is 1. The Kier molecular flexibility index (Phi) is 5.07. The van der Waals surface area contributed by atoms with E-state index in [1.54, 1.807) is 36.7 Å². The van der Waals surface area contributed by atoms with Crippen LogP contribution in [-0.4, -0.2) is 40.2 Å². The molecule has 2 N–H and O–H groups in total. The number of carbonyl (C=O) groups is 1. The third-order valence-electron chi connectivity index (χ3n) is 4.74. The van der Waals surface area contributed by atoms with Crippen LogP contribution in [0.15, 0.2) is 54.9 Å². The summed E-state index contributed by atoms with van der Waals surface area (Å²) in [7, 11) is 0. The normalized spacial score (nSPS) is 16.9. The zero-order valence-electron chi connectivity index (χ0n) is 14.7. The molecule has 7 heteroatoms. The van der Waals surface area contributed by atoms with Crippen molar-refractivity contribution in [3.8, 4) is 11.3 Å². The van der Waals surface area contributed by atoms with Gasteiger partial charge in [-0.15, -0.1) is 0 Å². The predicted molar refractivity (Wildman–Crippen MR) is 106 cm³/mol. The first-order valence-corrected chi connectivity index (χ1v) is 9.34. The van der Waals surface area contributed by atoms with Crippen LogP contribution in [-0.2, 0) is 0 Å². The number of aromatic nitrogens is 3. The third-order valence-corrected chi connectivity index (χ3v) is 4.99. The quantitative estimate of drug-likeness (QED) is 0.725. The van der Waals surface area contributed by atoms with Gasteiger partial charge in [-0.1, -0.05) is 11.6 Å². The number of nitrogens with zero attached hydrogens (tertiary/aromatic N) is 3. The molecule has 138 valence electrons. The minimum atomic E-state index is -0.0713. The summed E-state index contributed by atoms with van der Waals surface area (Å²) in [5, 5.41) is 11.3. The van der Waals surface area contributed by atoms with E-state index in [1.165, 1.54) is 0 Å². The summed E-state index contributed by atoms with van der Waals surface area (Å²) < 4.78 is 0. The first kappa shape index (κ1) is 17.5. The molecule has 3 aromatic rings. The highest BCUT2D eigenvalue weighted by Gasteiger charge is 2.23. The minimum Gasteiger partial charge on any atom is -0.353 e. The fraction of sp³-hybridized carbons (Fsp3) is 0.250. The van der Waals surface area contributed by atoms with Gasteiger partial charge in [-0.2, -0.15) is 5.10 Å². The number of carbonyl (C=O) groups excluding carboxylic acids is 1. The Morgan fingerprint density at radius 1 is 1.19 bits per heavy atom. The summed E-state index contributed by atoms with van der Waals surface area (Å²) in [5.41, 5.74) is 2.63. The molecule has 4 rings (SSSR count). The SMILES string of the molecule is O=C(N[C@@H]1CCCN(c2cc(-c3ccncc3)[nH]n2)C1)c1ccc(Cl)cc1. The van der Waals surface area contributed by atoms with E-state index < -0.39 is 0 Å². The molecule has 1 aromatic carbocycles. The average Bonchev–Trinajstić information content (AvgIpc) is 3.20. The number of H-pyrrole nitrogens is 1. The number of hydrogen-bond donors (Lipinski definition) is 2. The molecule has 1 aliphatic rings. The Morgan fingerprint density at radius 3 is 2.74 bits per heavy atom. The maximum absolute atomic E-state index is 12.5. The topological polar surface area (TPSA) is 73.9 Å². The average molecular weight is 382 g/mol. The Morgan fingerprint density at radius 2 is 1.96 bits per heavy atom. The highest BCUT2D eigenvalue weighted by atomic mass is 35.5. The van der Waals surface area contributed by atoms with E-state index >= 15 is 0 Å². The summed E-state index contributed by atoms with van der Waals surface area (Å²) in [6, 6.07) is 13.0. The van der Waals surface area contributed by atoms with Crippen molar-refractivity contribution in [2.24, 2.45) is 0 Å². The lowest BCUT2D eigenvalue weighted by molar-refractivity contribution is 0.0933. The fourth-order valence-electron chi connectivity index (χ4n) is 3.33. The van der Waals surface area contributed by atoms with Crippen LogP contribution < -0.4 is 10.2 Å². The summed E-state index contributed by atoms with van der Waals surface area (Å²) >= 11 is 5.89. The summed E-state index contributed by atoms with van der Waals surface area (Å²) in [5.74, 6) is 0.824. The van der Waals surface area contributed by atoms with Gasteiger partial charge in [0.25, 0.3) is 5.91 Å². The van der Waals surface area contributed by atoms with Gasteiger partial charge in [-0.25, -0.2) is 0 Å². The Balaban J connectivity index is 1.42. The molecule has 27 heavy (non-hydrogen) atoms. The largest absolute Gasteiger partial charge is 0.353 e. The van der Waals surface area contributed by atoms with Crippen LogP contribution in [0.5, 0.6) is 0 Å². The van der Waals surface area contributed by atoms with Crippen molar-refractivity contribution in [3.63, 3.8) is 0 Å². The van der Waals surface area contributed by atoms with E-state index in [-0.39, 0.29) is 11.9 Å². The molecule has 0 unspecified atom stereocenters. The van der Waals surface area contributed by atoms with Crippen LogP contribution in [0.4, 0.5) is 5.82 Å². The number of benzene rings is 1. The van der Waals surface area contributed by atoms with E-state index in [0.29, 0.717) is 10.6 Å². The molecule has 1 aliphatic heterocycles. The minimum absolute atomic E-state index is 0.0713. The number of amides is 1. The lowest BCUT2D eigenvalue weighted by atomic mass is 10.0. The molecule has 1 atom stereocenters. The van der Waals surface area contributed by atoms with Crippen LogP contribution in [0, 0.1) is 0 Å². The van der Waals surface area contributed by atoms with Crippen LogP contribution in [0.2, 0.25) is 5.02 Å². The van der Waals surface area contributed by atoms with Gasteiger partial charge in [0, 0.05) is 53.7 Å². The van der Waals surface area contributed by atoms with Crippen molar-refractivity contribution in [3.05, 3.63) is 65.4 Å². The molecule has 1 fully saturated rings. The van der Waals surface area contributed by atoms with Gasteiger partial charge in [-0.3, -0.25) is 14.9 Å². The first-order chi connectivity index (χ1) is 13.2. The standard InChI is InChI=1S/C20H20ClN5O/c21-16-5-3-15(4-6-16)20(27)23-17-2-1-11-26(13-17)19-12-18(24-25-19)14-7-9-22-10-8-14/h3-10,12,17H,1-2,11,13H2,(H,23,27)(H,24,25)/t17-/m1/s1. The molecule has 2 aromatic heterocycles. The second-order valence-electron chi connectivity index (χ2n) is 6.64. The number of pyridine rings is 1. The zero-order valence-corrected chi connectivity index (χ0v) is 15.5. The van der Waals surface area contributed by atoms with Gasteiger partial charge in [0.05, 0.1) is 5.69 Å². The van der Waals surface area contributed by atoms with E-state index in [0.717, 1.165) is 43.0 Å². The number of hydrogen-bond acceptors (Lipinski definition) is 4. The Bertz CT molecular complexity index is 910. The summed E-state index contributed by atoms with van der Waals surface area (Å²) in [6.45, 7) is 1.66. The molecule has 1 saturated heterocycles. The van der Waals surface area contributed by atoms with Crippen LogP contribution in [0.1, 0.15) is 23.2 Å². The molecule has 0 radical (unpaired) electrons. The van der Waals surface area contributed by atoms with Gasteiger partial charge >= 0.3 is 0 Å². The maximum atomic E-state index is 12.5. The first-order valence-electron chi connectivity index (χ1n) is 8.96. The van der Waals surface area contributed by atoms with Gasteiger partial charge in [0.2, 0.25) is 0 Å². The zero-order chi connectivity index (χ0) is 18.6. The van der Waals surface area contributed by atoms with Crippen molar-refractivity contribution < 1.29 is 4.79 Å². The molecule has 1 amide bonds. The summed E-state index contributed by atoms with van der Waals surface area (Å²) in [4.78, 5) is 18.7. The second kappa shape index (κ2) is 7.80. The molecule has 0 saturated carbocycles. The van der Waals surface area contributed by atoms with Crippen molar-refractivity contribution in [2.75, 3.05) is 18.0 Å². The van der Waals surface area contributed by atoms with E-state index in [4.69, 9.17) is 11.6 Å². The fourth-order valence-corrected chi connectivity index (χ4v) is 3.45. The van der Waals surface area contributed by atoms with Crippen LogP contribution in [0.25, 0.3) is 11.3 Å². The van der Waals surface area contributed by atoms with Crippen molar-refractivity contribution >= 4 is 23.3 Å². The van der Waals surface area contributed by atoms with Crippen LogP contribution in [0.3, 0.4) is 0 Å². The predicted octanol–water partition coefficient (Wildman–Crippen LogP) is 3.52. The smallest absolute Gasteiger partial charge is 0.251 e. The van der Waals surface area contributed by atoms with Crippen molar-refractivity contribution in [1.29, 1.82) is 0 Å². The van der Waals surface area contributed by atoms with E-state index in [9.17, 15) is 4.79 Å². The Labute approximate surface area is 162 Å². The molecule has 3 heterocycles. The molecule has 6 nitrogen and oxygen atoms in total. The van der Waals surface area contributed by atoms with Crippen molar-refractivity contribution in [2.45, 2.75) is 18.9 Å². The van der Waals surface area contributed by atoms with Gasteiger partial charge in [0.1, 0.15) is 0 Å². The molecular weight excluding hydrogens is 362 g/mol. The monoisotopic (exact) mass is 381 g/mol. The van der Waals surface area contributed by atoms with Gasteiger partial charge in [-0.05, 0) is 49.2 Å². The molecular formula is C20H20ClN5O. The van der Waals surface area contributed by atoms with Crippen LogP contribution >= 0.6 is 11.6 Å². The maximum Gasteiger partial charge on any atom is 0.251 e. The lowest BCUT2D eigenvalue weighted by Crippen LogP contribution is -2.48. The molecule has 0 aliphatic carbocycles. The molecule has 0 spiro atoms. The highest BCUT2D eigenvalue weighted by molar-refractivity contribution is 6.30. The third kappa shape index (κ3) is 4.11. The molecule has 0 bridgehead atoms. The highest BCUT2D eigenvalue weighted by Crippen LogP contribution is 2.24. The van der Waals surface area contributed by atoms with Gasteiger partial charge < -0.3 is 10.2 Å². The number of piperidine rings is 1.